The first-order valence-electron chi connectivity index (χ1n) is 8.37. The van der Waals surface area contributed by atoms with Gasteiger partial charge in [0.1, 0.15) is 5.75 Å². The lowest BCUT2D eigenvalue weighted by Crippen LogP contribution is -2.30. The molecule has 2 rings (SSSR count). The topological polar surface area (TPSA) is 38.3 Å². The van der Waals surface area contributed by atoms with Gasteiger partial charge in [-0.3, -0.25) is 4.79 Å². The van der Waals surface area contributed by atoms with Crippen LogP contribution in [-0.2, 0) is 10.5 Å². The molecule has 5 heteroatoms. The van der Waals surface area contributed by atoms with Crippen LogP contribution in [0.4, 0.5) is 0 Å². The van der Waals surface area contributed by atoms with Gasteiger partial charge in [-0.15, -0.1) is 0 Å². The number of carbonyl (C=O) groups excluding carboxylic acids is 1. The molecular weight excluding hydrogens is 354 g/mol. The number of thioether (sulfide) groups is 1. The fraction of sp³-hybridized carbons (Fsp3) is 0.350. The molecule has 1 N–H and O–H groups in total. The molecule has 0 heterocycles. The van der Waals surface area contributed by atoms with Crippen molar-refractivity contribution in [3.8, 4) is 5.75 Å². The summed E-state index contributed by atoms with van der Waals surface area (Å²) in [6.45, 7) is 4.89. The number of hydrogen-bond acceptors (Lipinski definition) is 3. The number of carbonyl (C=O) groups is 1. The Morgan fingerprint density at radius 2 is 2.00 bits per heavy atom. The van der Waals surface area contributed by atoms with E-state index in [2.05, 4.69) is 25.2 Å². The SMILES string of the molecule is CC(C)c1ccccc1OCC(=O)NCCSCc1cccc(Cl)c1. The Kier molecular flexibility index (Phi) is 8.16. The Bertz CT molecular complexity index is 691. The van der Waals surface area contributed by atoms with Crippen molar-refractivity contribution in [1.29, 1.82) is 0 Å². The molecule has 134 valence electrons. The van der Waals surface area contributed by atoms with Gasteiger partial charge in [-0.2, -0.15) is 11.8 Å². The fourth-order valence-corrected chi connectivity index (χ4v) is 3.38. The van der Waals surface area contributed by atoms with Crippen molar-refractivity contribution < 1.29 is 9.53 Å². The van der Waals surface area contributed by atoms with Gasteiger partial charge in [0.15, 0.2) is 6.61 Å². The monoisotopic (exact) mass is 377 g/mol. The normalized spacial score (nSPS) is 10.7. The smallest absolute Gasteiger partial charge is 0.257 e. The first-order chi connectivity index (χ1) is 12.1. The zero-order valence-electron chi connectivity index (χ0n) is 14.6. The summed E-state index contributed by atoms with van der Waals surface area (Å²) in [7, 11) is 0. The van der Waals surface area contributed by atoms with E-state index in [1.807, 2.05) is 42.5 Å². The Morgan fingerprint density at radius 1 is 1.20 bits per heavy atom. The number of amides is 1. The molecule has 0 bridgehead atoms. The Balaban J connectivity index is 1.64. The molecule has 0 saturated heterocycles. The van der Waals surface area contributed by atoms with Gasteiger partial charge in [0.25, 0.3) is 5.91 Å². The molecule has 1 amide bonds. The zero-order valence-corrected chi connectivity index (χ0v) is 16.2. The van der Waals surface area contributed by atoms with Gasteiger partial charge in [-0.25, -0.2) is 0 Å². The third-order valence-corrected chi connectivity index (χ3v) is 4.89. The van der Waals surface area contributed by atoms with Crippen LogP contribution in [0.2, 0.25) is 5.02 Å². The van der Waals surface area contributed by atoms with E-state index in [-0.39, 0.29) is 12.5 Å². The number of nitrogens with one attached hydrogen (secondary N) is 1. The average Bonchev–Trinajstić information content (AvgIpc) is 2.60. The number of ether oxygens (including phenoxy) is 1. The molecule has 0 saturated carbocycles. The van der Waals surface area contributed by atoms with E-state index < -0.39 is 0 Å². The Morgan fingerprint density at radius 3 is 2.76 bits per heavy atom. The van der Waals surface area contributed by atoms with Crippen LogP contribution in [0.5, 0.6) is 5.75 Å². The average molecular weight is 378 g/mol. The minimum atomic E-state index is -0.0954. The highest BCUT2D eigenvalue weighted by Gasteiger charge is 2.08. The van der Waals surface area contributed by atoms with Gasteiger partial charge in [-0.05, 0) is 35.2 Å². The van der Waals surface area contributed by atoms with Crippen LogP contribution in [-0.4, -0.2) is 24.8 Å². The van der Waals surface area contributed by atoms with Crippen LogP contribution < -0.4 is 10.1 Å². The van der Waals surface area contributed by atoms with Crippen LogP contribution in [0.1, 0.15) is 30.9 Å². The van der Waals surface area contributed by atoms with Gasteiger partial charge in [0, 0.05) is 23.1 Å². The second kappa shape index (κ2) is 10.4. The van der Waals surface area contributed by atoms with Crippen molar-refractivity contribution in [2.45, 2.75) is 25.5 Å². The Hall–Kier alpha value is -1.65. The van der Waals surface area contributed by atoms with Gasteiger partial charge in [0.2, 0.25) is 0 Å². The first-order valence-corrected chi connectivity index (χ1v) is 9.90. The van der Waals surface area contributed by atoms with Crippen LogP contribution >= 0.6 is 23.4 Å². The summed E-state index contributed by atoms with van der Waals surface area (Å²) in [6, 6.07) is 15.7. The van der Waals surface area contributed by atoms with Crippen molar-refractivity contribution in [2.24, 2.45) is 0 Å². The molecule has 2 aromatic rings. The molecule has 0 aliphatic rings. The molecule has 25 heavy (non-hydrogen) atoms. The summed E-state index contributed by atoms with van der Waals surface area (Å²) in [5, 5.41) is 3.64. The number of benzene rings is 2. The van der Waals surface area contributed by atoms with Crippen LogP contribution in [0.25, 0.3) is 0 Å². The van der Waals surface area contributed by atoms with E-state index in [0.29, 0.717) is 12.5 Å². The molecule has 0 aliphatic carbocycles. The van der Waals surface area contributed by atoms with Crippen LogP contribution in [0, 0.1) is 0 Å². The van der Waals surface area contributed by atoms with Crippen molar-refractivity contribution in [3.05, 3.63) is 64.7 Å². The number of halogens is 1. The maximum Gasteiger partial charge on any atom is 0.257 e. The maximum absolute atomic E-state index is 11.9. The molecule has 0 aliphatic heterocycles. The molecular formula is C20H24ClNO2S. The third-order valence-electron chi connectivity index (χ3n) is 3.63. The number of hydrogen-bond donors (Lipinski definition) is 1. The number of para-hydroxylation sites is 1. The molecule has 0 radical (unpaired) electrons. The highest BCUT2D eigenvalue weighted by molar-refractivity contribution is 7.98. The van der Waals surface area contributed by atoms with E-state index >= 15 is 0 Å². The van der Waals surface area contributed by atoms with E-state index in [1.165, 1.54) is 5.56 Å². The maximum atomic E-state index is 11.9. The molecule has 3 nitrogen and oxygen atoms in total. The minimum absolute atomic E-state index is 0.0443. The molecule has 2 aromatic carbocycles. The largest absolute Gasteiger partial charge is 0.483 e. The predicted octanol–water partition coefficient (Wildman–Crippen LogP) is 4.89. The predicted molar refractivity (Wildman–Crippen MR) is 107 cm³/mol. The second-order valence-electron chi connectivity index (χ2n) is 6.01. The highest BCUT2D eigenvalue weighted by atomic mass is 35.5. The molecule has 0 spiro atoms. The van der Waals surface area contributed by atoms with E-state index in [4.69, 9.17) is 16.3 Å². The molecule has 0 atom stereocenters. The van der Waals surface area contributed by atoms with Crippen LogP contribution in [0.15, 0.2) is 48.5 Å². The second-order valence-corrected chi connectivity index (χ2v) is 7.56. The van der Waals surface area contributed by atoms with Gasteiger partial charge in [-0.1, -0.05) is 55.8 Å². The summed E-state index contributed by atoms with van der Waals surface area (Å²) < 4.78 is 5.67. The molecule has 0 unspecified atom stereocenters. The highest BCUT2D eigenvalue weighted by Crippen LogP contribution is 2.25. The third kappa shape index (κ3) is 7.00. The number of rotatable bonds is 9. The molecule has 0 aromatic heterocycles. The van der Waals surface area contributed by atoms with Gasteiger partial charge in [0.05, 0.1) is 0 Å². The van der Waals surface area contributed by atoms with Crippen molar-refractivity contribution >= 4 is 29.3 Å². The lowest BCUT2D eigenvalue weighted by Gasteiger charge is -2.13. The summed E-state index contributed by atoms with van der Waals surface area (Å²) in [5.41, 5.74) is 2.31. The van der Waals surface area contributed by atoms with E-state index in [1.54, 1.807) is 11.8 Å². The summed E-state index contributed by atoms with van der Waals surface area (Å²) in [4.78, 5) is 11.9. The summed E-state index contributed by atoms with van der Waals surface area (Å²) >= 11 is 7.73. The van der Waals surface area contributed by atoms with Crippen molar-refractivity contribution in [1.82, 2.24) is 5.32 Å². The lowest BCUT2D eigenvalue weighted by atomic mass is 10.0. The fourth-order valence-electron chi connectivity index (χ4n) is 2.36. The standard InChI is InChI=1S/C20H24ClNO2S/c1-15(2)18-8-3-4-9-19(18)24-13-20(23)22-10-11-25-14-16-6-5-7-17(21)12-16/h3-9,12,15H,10-11,13-14H2,1-2H3,(H,22,23). The lowest BCUT2D eigenvalue weighted by molar-refractivity contribution is -0.122. The van der Waals surface area contributed by atoms with E-state index in [9.17, 15) is 4.79 Å². The van der Waals surface area contributed by atoms with Crippen molar-refractivity contribution in [3.63, 3.8) is 0 Å². The minimum Gasteiger partial charge on any atom is -0.483 e. The zero-order chi connectivity index (χ0) is 18.1. The summed E-state index contributed by atoms with van der Waals surface area (Å²) in [5.74, 6) is 2.78. The quantitative estimate of drug-likeness (QED) is 0.632. The van der Waals surface area contributed by atoms with E-state index in [0.717, 1.165) is 27.8 Å². The van der Waals surface area contributed by atoms with Gasteiger partial charge < -0.3 is 10.1 Å². The molecule has 0 fully saturated rings. The first kappa shape index (κ1) is 19.7. The summed E-state index contributed by atoms with van der Waals surface area (Å²) in [6.07, 6.45) is 0. The van der Waals surface area contributed by atoms with Crippen LogP contribution in [0.3, 0.4) is 0 Å². The van der Waals surface area contributed by atoms with Crippen molar-refractivity contribution in [2.75, 3.05) is 18.9 Å². The van der Waals surface area contributed by atoms with Gasteiger partial charge >= 0.3 is 0 Å². The Labute approximate surface area is 159 Å².